The first kappa shape index (κ1) is 16.8. The molecule has 0 fully saturated rings. The van der Waals surface area contributed by atoms with E-state index in [2.05, 4.69) is 0 Å². The van der Waals surface area contributed by atoms with E-state index in [0.717, 1.165) is 5.69 Å². The van der Waals surface area contributed by atoms with Crippen molar-refractivity contribution in [3.63, 3.8) is 0 Å². The predicted octanol–water partition coefficient (Wildman–Crippen LogP) is -5.10. The van der Waals surface area contributed by atoms with E-state index in [0.29, 0.717) is 0 Å². The minimum absolute atomic E-state index is 0. The molecule has 0 aliphatic rings. The Morgan fingerprint density at radius 1 is 0.900 bits per heavy atom. The number of hydrogen-bond acceptors (Lipinski definition) is 1. The Kier molecular flexibility index (Phi) is 15.7. The molecule has 0 saturated carbocycles. The zero-order chi connectivity index (χ0) is 5.11. The summed E-state index contributed by atoms with van der Waals surface area (Å²) in [7, 11) is 0. The van der Waals surface area contributed by atoms with Crippen LogP contribution in [0.3, 0.4) is 0 Å². The van der Waals surface area contributed by atoms with Gasteiger partial charge in [0.2, 0.25) is 0 Å². The molecule has 0 aliphatic heterocycles. The van der Waals surface area contributed by atoms with Gasteiger partial charge in [0.15, 0.2) is 0 Å². The van der Waals surface area contributed by atoms with Crippen molar-refractivity contribution in [2.24, 2.45) is 0 Å². The monoisotopic (exact) mass is 187 g/mol. The molecule has 2 N–H and O–H groups in total. The maximum atomic E-state index is 5.36. The Bertz CT molecular complexity index is 146. The third-order valence-corrected chi connectivity index (χ3v) is 0.800. The molecular weight excluding hydrogens is 181 g/mol. The second kappa shape index (κ2) is 9.37. The molecule has 1 aromatic carbocycles. The molecule has 0 unspecified atom stereocenters. The van der Waals surface area contributed by atoms with Gasteiger partial charge >= 0.3 is 23.1 Å². The van der Waals surface area contributed by atoms with Gasteiger partial charge in [0, 0.05) is 5.69 Å². The van der Waals surface area contributed by atoms with Crippen molar-refractivity contribution < 1.29 is 24.8 Å². The van der Waals surface area contributed by atoms with Crippen molar-refractivity contribution in [1.29, 1.82) is 0 Å². The van der Waals surface area contributed by atoms with Gasteiger partial charge in [-0.25, -0.2) is 0 Å². The van der Waals surface area contributed by atoms with Crippen LogP contribution in [0.2, 0.25) is 0 Å². The first-order valence-corrected chi connectivity index (χ1v) is 2.20. The first-order chi connectivity index (χ1) is 3.39. The first-order valence-electron chi connectivity index (χ1n) is 2.20. The van der Waals surface area contributed by atoms with Gasteiger partial charge in [-0.2, -0.15) is 0 Å². The number of hydrogen-bond donors (Lipinski definition) is 1. The number of halogens is 2. The van der Waals surface area contributed by atoms with E-state index in [-0.39, 0.29) is 47.9 Å². The van der Waals surface area contributed by atoms with Crippen molar-refractivity contribution in [3.8, 4) is 0 Å². The fourth-order valence-electron chi connectivity index (χ4n) is 0.453. The van der Waals surface area contributed by atoms with Gasteiger partial charge in [0.25, 0.3) is 0 Å². The second-order valence-electron chi connectivity index (χ2n) is 1.41. The number of anilines is 1. The van der Waals surface area contributed by atoms with E-state index >= 15 is 0 Å². The topological polar surface area (TPSA) is 26.0 Å². The molecule has 0 radical (unpaired) electrons. The van der Waals surface area contributed by atoms with Crippen LogP contribution < -0.4 is 30.5 Å². The van der Waals surface area contributed by atoms with Crippen LogP contribution in [0.25, 0.3) is 0 Å². The quantitative estimate of drug-likeness (QED) is 0.320. The maximum absolute atomic E-state index is 5.36. The second-order valence-corrected chi connectivity index (χ2v) is 1.41. The maximum Gasteiger partial charge on any atom is 2.00 e. The summed E-state index contributed by atoms with van der Waals surface area (Å²) >= 11 is 0. The number of nitrogens with two attached hydrogens (primary N) is 1. The van der Waals surface area contributed by atoms with Crippen molar-refractivity contribution >= 4 is 28.7 Å². The number of para-hydroxylation sites is 1. The standard InChI is InChI=1S/C6H7N.2ClH.Mg/c7-6-4-2-1-3-5-6;;;/h1-5H,7H2;2*1H;/q;;;+2/p-2. The Balaban J connectivity index is -0.000000163. The molecule has 1 aromatic rings. The Hall–Kier alpha value is 0.366. The molecule has 0 bridgehead atoms. The van der Waals surface area contributed by atoms with Gasteiger partial charge in [-0.3, -0.25) is 0 Å². The summed E-state index contributed by atoms with van der Waals surface area (Å²) in [6.07, 6.45) is 0. The molecule has 0 aromatic heterocycles. The van der Waals surface area contributed by atoms with Crippen LogP contribution in [0.4, 0.5) is 5.69 Å². The van der Waals surface area contributed by atoms with Crippen molar-refractivity contribution in [2.75, 3.05) is 5.73 Å². The Morgan fingerprint density at radius 3 is 1.50 bits per heavy atom. The van der Waals surface area contributed by atoms with Gasteiger partial charge in [-0.1, -0.05) is 18.2 Å². The van der Waals surface area contributed by atoms with Gasteiger partial charge in [0.05, 0.1) is 0 Å². The predicted molar refractivity (Wildman–Crippen MR) is 36.6 cm³/mol. The molecule has 0 saturated heterocycles. The van der Waals surface area contributed by atoms with Gasteiger partial charge in [0.1, 0.15) is 0 Å². The summed E-state index contributed by atoms with van der Waals surface area (Å²) in [5, 5.41) is 0. The summed E-state index contributed by atoms with van der Waals surface area (Å²) < 4.78 is 0. The van der Waals surface area contributed by atoms with Crippen molar-refractivity contribution in [3.05, 3.63) is 30.3 Å². The minimum Gasteiger partial charge on any atom is -1.00 e. The van der Waals surface area contributed by atoms with Crippen molar-refractivity contribution in [2.45, 2.75) is 0 Å². The van der Waals surface area contributed by atoms with E-state index < -0.39 is 0 Å². The summed E-state index contributed by atoms with van der Waals surface area (Å²) in [6.45, 7) is 0. The number of nitrogen functional groups attached to an aromatic ring is 1. The third-order valence-electron chi connectivity index (χ3n) is 0.800. The Labute approximate surface area is 89.3 Å². The van der Waals surface area contributed by atoms with E-state index in [9.17, 15) is 0 Å². The molecule has 0 heterocycles. The van der Waals surface area contributed by atoms with Crippen LogP contribution in [-0.4, -0.2) is 23.1 Å². The van der Waals surface area contributed by atoms with Crippen LogP contribution in [0.1, 0.15) is 0 Å². The SMILES string of the molecule is Nc1ccccc1.[Cl-].[Cl-].[Mg+2]. The van der Waals surface area contributed by atoms with Crippen molar-refractivity contribution in [1.82, 2.24) is 0 Å². The molecule has 52 valence electrons. The van der Waals surface area contributed by atoms with Crippen LogP contribution in [0.5, 0.6) is 0 Å². The molecule has 1 rings (SSSR count). The van der Waals surface area contributed by atoms with Crippen LogP contribution in [-0.2, 0) is 0 Å². The normalized spacial score (nSPS) is 6.00. The average molecular weight is 188 g/mol. The fourth-order valence-corrected chi connectivity index (χ4v) is 0.453. The van der Waals surface area contributed by atoms with E-state index in [4.69, 9.17) is 5.73 Å². The molecule has 0 amide bonds. The molecule has 0 spiro atoms. The molecule has 4 heteroatoms. The summed E-state index contributed by atoms with van der Waals surface area (Å²) in [6, 6.07) is 9.49. The molecule has 0 aliphatic carbocycles. The van der Waals surface area contributed by atoms with Crippen LogP contribution in [0, 0.1) is 0 Å². The van der Waals surface area contributed by atoms with Crippen LogP contribution in [0.15, 0.2) is 30.3 Å². The van der Waals surface area contributed by atoms with E-state index in [1.807, 2.05) is 30.3 Å². The van der Waals surface area contributed by atoms with Gasteiger partial charge in [-0.15, -0.1) is 0 Å². The molecule has 0 atom stereocenters. The van der Waals surface area contributed by atoms with Gasteiger partial charge in [-0.05, 0) is 12.1 Å². The summed E-state index contributed by atoms with van der Waals surface area (Å²) in [5.74, 6) is 0. The summed E-state index contributed by atoms with van der Waals surface area (Å²) in [5.41, 5.74) is 6.18. The third kappa shape index (κ3) is 6.49. The zero-order valence-electron chi connectivity index (χ0n) is 5.43. The Morgan fingerprint density at radius 2 is 1.30 bits per heavy atom. The molecular formula is C6H7Cl2MgN. The number of benzene rings is 1. The van der Waals surface area contributed by atoms with Crippen LogP contribution >= 0.6 is 0 Å². The smallest absolute Gasteiger partial charge is 1.00 e. The summed E-state index contributed by atoms with van der Waals surface area (Å²) in [4.78, 5) is 0. The van der Waals surface area contributed by atoms with E-state index in [1.165, 1.54) is 0 Å². The molecule has 1 nitrogen and oxygen atoms in total. The molecule has 10 heavy (non-hydrogen) atoms. The largest absolute Gasteiger partial charge is 2.00 e. The average Bonchev–Trinajstić information content (AvgIpc) is 1.69. The number of rotatable bonds is 0. The fraction of sp³-hybridized carbons (Fsp3) is 0. The zero-order valence-corrected chi connectivity index (χ0v) is 8.35. The van der Waals surface area contributed by atoms with E-state index in [1.54, 1.807) is 0 Å². The van der Waals surface area contributed by atoms with Gasteiger partial charge < -0.3 is 30.5 Å². The minimum atomic E-state index is 0.